The Morgan fingerprint density at radius 1 is 0.400 bits per heavy atom. The molecule has 30 heavy (non-hydrogen) atoms. The Morgan fingerprint density at radius 2 is 0.667 bits per heavy atom. The van der Waals surface area contributed by atoms with Crippen molar-refractivity contribution in [1.82, 2.24) is 0 Å². The zero-order valence-corrected chi connectivity index (χ0v) is 16.5. The number of carbonyl (C=O) groups excluding carboxylic acids is 2. The molecule has 2 atom stereocenters. The molecule has 0 unspecified atom stereocenters. The van der Waals surface area contributed by atoms with Gasteiger partial charge in [0.1, 0.15) is 0 Å². The average Bonchev–Trinajstić information content (AvgIpc) is 2.84. The van der Waals surface area contributed by atoms with Crippen LogP contribution in [0.5, 0.6) is 0 Å². The summed E-state index contributed by atoms with van der Waals surface area (Å²) in [6, 6.07) is 37.6. The van der Waals surface area contributed by atoms with Gasteiger partial charge in [-0.3, -0.25) is 9.59 Å². The monoisotopic (exact) mass is 390 g/mol. The Morgan fingerprint density at radius 3 is 0.967 bits per heavy atom. The first-order valence-electron chi connectivity index (χ1n) is 10.0. The van der Waals surface area contributed by atoms with E-state index in [1.807, 2.05) is 121 Å². The first kappa shape index (κ1) is 19.5. The molecule has 0 aliphatic heterocycles. The molecule has 0 fully saturated rings. The van der Waals surface area contributed by atoms with Gasteiger partial charge in [-0.15, -0.1) is 0 Å². The number of benzene rings is 4. The average molecular weight is 390 g/mol. The van der Waals surface area contributed by atoms with Gasteiger partial charge < -0.3 is 0 Å². The summed E-state index contributed by atoms with van der Waals surface area (Å²) >= 11 is 0. The van der Waals surface area contributed by atoms with E-state index in [9.17, 15) is 9.59 Å². The lowest BCUT2D eigenvalue weighted by Gasteiger charge is -2.26. The molecule has 2 nitrogen and oxygen atoms in total. The molecule has 0 spiro atoms. The molecule has 4 aromatic rings. The molecule has 0 amide bonds. The van der Waals surface area contributed by atoms with E-state index in [-0.39, 0.29) is 11.6 Å². The first-order chi connectivity index (χ1) is 14.8. The van der Waals surface area contributed by atoms with E-state index in [2.05, 4.69) is 0 Å². The molecule has 0 aromatic heterocycles. The maximum Gasteiger partial charge on any atom is 0.171 e. The summed E-state index contributed by atoms with van der Waals surface area (Å²) in [5.74, 6) is -1.35. The normalized spacial score (nSPS) is 12.7. The smallest absolute Gasteiger partial charge is 0.171 e. The standard InChI is InChI=1S/C28H22O2/c29-27(23-17-9-3-10-18-23)25(21-13-5-1-6-14-21)26(22-15-7-2-8-16-22)28(30)24-19-11-4-12-20-24/h1-20,25-26H/t25-,26-/m1/s1. The first-order valence-corrected chi connectivity index (χ1v) is 10.0. The maximum atomic E-state index is 13.7. The van der Waals surface area contributed by atoms with Gasteiger partial charge in [-0.05, 0) is 11.1 Å². The highest BCUT2D eigenvalue weighted by Gasteiger charge is 2.36. The highest BCUT2D eigenvalue weighted by molar-refractivity contribution is 6.09. The van der Waals surface area contributed by atoms with E-state index in [4.69, 9.17) is 0 Å². The van der Waals surface area contributed by atoms with Gasteiger partial charge in [0.2, 0.25) is 0 Å². The second-order valence-corrected chi connectivity index (χ2v) is 7.24. The Labute approximate surface area is 176 Å². The van der Waals surface area contributed by atoms with Crippen LogP contribution in [-0.2, 0) is 0 Å². The lowest BCUT2D eigenvalue weighted by atomic mass is 9.73. The molecule has 0 bridgehead atoms. The Hall–Kier alpha value is -3.78. The van der Waals surface area contributed by atoms with Crippen molar-refractivity contribution in [3.63, 3.8) is 0 Å². The van der Waals surface area contributed by atoms with E-state index in [0.717, 1.165) is 11.1 Å². The van der Waals surface area contributed by atoms with Gasteiger partial charge >= 0.3 is 0 Å². The summed E-state index contributed by atoms with van der Waals surface area (Å²) in [5, 5.41) is 0. The molecular weight excluding hydrogens is 368 g/mol. The van der Waals surface area contributed by atoms with Gasteiger partial charge in [-0.2, -0.15) is 0 Å². The van der Waals surface area contributed by atoms with Gasteiger partial charge in [0.05, 0.1) is 11.8 Å². The van der Waals surface area contributed by atoms with Crippen molar-refractivity contribution in [1.29, 1.82) is 0 Å². The van der Waals surface area contributed by atoms with Crippen LogP contribution in [0.2, 0.25) is 0 Å². The van der Waals surface area contributed by atoms with Crippen molar-refractivity contribution in [2.24, 2.45) is 0 Å². The minimum atomic E-state index is -0.622. The number of Topliss-reactive ketones (excluding diaryl/α,β-unsaturated/α-hetero) is 2. The molecule has 4 aromatic carbocycles. The zero-order valence-electron chi connectivity index (χ0n) is 16.5. The highest BCUT2D eigenvalue weighted by Crippen LogP contribution is 2.38. The molecule has 0 heterocycles. The quantitative estimate of drug-likeness (QED) is 0.346. The Balaban J connectivity index is 1.89. The van der Waals surface area contributed by atoms with Gasteiger partial charge in [0, 0.05) is 11.1 Å². The summed E-state index contributed by atoms with van der Waals surface area (Å²) in [6.45, 7) is 0. The summed E-state index contributed by atoms with van der Waals surface area (Å²) in [5.41, 5.74) is 2.88. The molecule has 4 rings (SSSR count). The van der Waals surface area contributed by atoms with Crippen LogP contribution in [0.25, 0.3) is 0 Å². The van der Waals surface area contributed by atoms with Gasteiger partial charge in [0.15, 0.2) is 11.6 Å². The number of hydrogen-bond acceptors (Lipinski definition) is 2. The minimum Gasteiger partial charge on any atom is -0.293 e. The molecule has 146 valence electrons. The molecule has 0 aliphatic carbocycles. The van der Waals surface area contributed by atoms with Crippen LogP contribution in [0.1, 0.15) is 43.7 Å². The predicted molar refractivity (Wildman–Crippen MR) is 120 cm³/mol. The van der Waals surface area contributed by atoms with Gasteiger partial charge in [0.25, 0.3) is 0 Å². The van der Waals surface area contributed by atoms with Crippen LogP contribution in [0.15, 0.2) is 121 Å². The third kappa shape index (κ3) is 4.13. The van der Waals surface area contributed by atoms with E-state index in [1.54, 1.807) is 0 Å². The molecule has 0 saturated heterocycles. The zero-order chi connectivity index (χ0) is 20.8. The van der Waals surface area contributed by atoms with Crippen LogP contribution in [-0.4, -0.2) is 11.6 Å². The molecular formula is C28H22O2. The van der Waals surface area contributed by atoms with Crippen LogP contribution in [0.3, 0.4) is 0 Å². The van der Waals surface area contributed by atoms with Crippen molar-refractivity contribution in [3.05, 3.63) is 144 Å². The fraction of sp³-hybridized carbons (Fsp3) is 0.0714. The van der Waals surface area contributed by atoms with Gasteiger partial charge in [-0.25, -0.2) is 0 Å². The maximum absolute atomic E-state index is 13.7. The van der Waals surface area contributed by atoms with Crippen molar-refractivity contribution in [3.8, 4) is 0 Å². The number of ketones is 2. The van der Waals surface area contributed by atoms with Crippen LogP contribution in [0.4, 0.5) is 0 Å². The highest BCUT2D eigenvalue weighted by atomic mass is 16.1. The number of rotatable bonds is 7. The molecule has 0 radical (unpaired) electrons. The van der Waals surface area contributed by atoms with E-state index in [0.29, 0.717) is 11.1 Å². The third-order valence-electron chi connectivity index (χ3n) is 5.33. The van der Waals surface area contributed by atoms with Crippen molar-refractivity contribution >= 4 is 11.6 Å². The number of hydrogen-bond donors (Lipinski definition) is 0. The summed E-state index contributed by atoms with van der Waals surface area (Å²) in [4.78, 5) is 27.5. The third-order valence-corrected chi connectivity index (χ3v) is 5.33. The van der Waals surface area contributed by atoms with Gasteiger partial charge in [-0.1, -0.05) is 121 Å². The Kier molecular flexibility index (Phi) is 5.95. The largest absolute Gasteiger partial charge is 0.293 e. The lowest BCUT2D eigenvalue weighted by molar-refractivity contribution is 0.0866. The SMILES string of the molecule is O=C(c1ccccc1)[C@H](c1ccccc1)[C@H](C(=O)c1ccccc1)c1ccccc1. The van der Waals surface area contributed by atoms with E-state index >= 15 is 0 Å². The van der Waals surface area contributed by atoms with Crippen LogP contribution in [0, 0.1) is 0 Å². The summed E-state index contributed by atoms with van der Waals surface area (Å²) in [7, 11) is 0. The summed E-state index contributed by atoms with van der Waals surface area (Å²) < 4.78 is 0. The second-order valence-electron chi connectivity index (χ2n) is 7.24. The minimum absolute atomic E-state index is 0.0556. The van der Waals surface area contributed by atoms with Crippen LogP contribution >= 0.6 is 0 Å². The van der Waals surface area contributed by atoms with Crippen molar-refractivity contribution in [2.75, 3.05) is 0 Å². The molecule has 0 N–H and O–H groups in total. The lowest BCUT2D eigenvalue weighted by Crippen LogP contribution is -2.27. The van der Waals surface area contributed by atoms with Crippen molar-refractivity contribution in [2.45, 2.75) is 11.8 Å². The van der Waals surface area contributed by atoms with Crippen LogP contribution < -0.4 is 0 Å². The predicted octanol–water partition coefficient (Wildman–Crippen LogP) is 6.32. The molecule has 0 saturated carbocycles. The molecule has 2 heteroatoms. The number of carbonyl (C=O) groups is 2. The Bertz CT molecular complexity index is 1010. The fourth-order valence-corrected chi connectivity index (χ4v) is 3.88. The molecule has 0 aliphatic rings. The fourth-order valence-electron chi connectivity index (χ4n) is 3.88. The van der Waals surface area contributed by atoms with E-state index < -0.39 is 11.8 Å². The topological polar surface area (TPSA) is 34.1 Å². The second kappa shape index (κ2) is 9.15. The van der Waals surface area contributed by atoms with E-state index in [1.165, 1.54) is 0 Å². The summed E-state index contributed by atoms with van der Waals surface area (Å²) in [6.07, 6.45) is 0. The van der Waals surface area contributed by atoms with Crippen molar-refractivity contribution < 1.29 is 9.59 Å².